The van der Waals surface area contributed by atoms with Gasteiger partial charge in [0, 0.05) is 20.0 Å². The molecule has 2 amide bonds. The number of amides is 2. The van der Waals surface area contributed by atoms with E-state index in [2.05, 4.69) is 0 Å². The van der Waals surface area contributed by atoms with Crippen molar-refractivity contribution >= 4 is 12.0 Å². The number of hydrogen-bond donors (Lipinski definition) is 0. The van der Waals surface area contributed by atoms with E-state index < -0.39 is 12.0 Å². The second-order valence-electron chi connectivity index (χ2n) is 3.06. The molecule has 0 aliphatic carbocycles. The van der Waals surface area contributed by atoms with Crippen molar-refractivity contribution in [1.82, 2.24) is 10.6 Å². The zero-order valence-electron chi connectivity index (χ0n) is 8.71. The Balaban J connectivity index is 3.59. The summed E-state index contributed by atoms with van der Waals surface area (Å²) in [5.74, 6) is -0.668. The minimum absolute atomic E-state index is 0.0549. The zero-order chi connectivity index (χ0) is 11.0. The summed E-state index contributed by atoms with van der Waals surface area (Å²) in [6.07, 6.45) is 1.44. The third-order valence-electron chi connectivity index (χ3n) is 1.71. The SMILES string of the molecule is CCCCOC(=O)N(C)CCC([NH])=O. The highest BCUT2D eigenvalue weighted by Gasteiger charge is 2.10. The van der Waals surface area contributed by atoms with Crippen molar-refractivity contribution in [3.05, 3.63) is 0 Å². The minimum Gasteiger partial charge on any atom is -0.449 e. The maximum absolute atomic E-state index is 11.2. The maximum atomic E-state index is 11.2. The van der Waals surface area contributed by atoms with Gasteiger partial charge in [-0.05, 0) is 6.42 Å². The average molecular weight is 201 g/mol. The van der Waals surface area contributed by atoms with Crippen LogP contribution in [0.2, 0.25) is 0 Å². The Morgan fingerprint density at radius 2 is 2.07 bits per heavy atom. The molecular formula is C9H17N2O3. The molecule has 0 aromatic heterocycles. The highest BCUT2D eigenvalue weighted by Crippen LogP contribution is 1.95. The lowest BCUT2D eigenvalue weighted by Crippen LogP contribution is -2.30. The summed E-state index contributed by atoms with van der Waals surface area (Å²) in [5.41, 5.74) is 6.66. The molecule has 0 rings (SSSR count). The molecule has 0 spiro atoms. The van der Waals surface area contributed by atoms with E-state index in [1.807, 2.05) is 6.92 Å². The van der Waals surface area contributed by atoms with Crippen molar-refractivity contribution in [3.8, 4) is 0 Å². The van der Waals surface area contributed by atoms with Crippen molar-refractivity contribution in [2.24, 2.45) is 0 Å². The van der Waals surface area contributed by atoms with E-state index in [1.165, 1.54) is 4.90 Å². The molecular weight excluding hydrogens is 184 g/mol. The number of hydrogen-bond acceptors (Lipinski definition) is 3. The van der Waals surface area contributed by atoms with Crippen LogP contribution in [0, 0.1) is 0 Å². The molecule has 5 heteroatoms. The molecule has 0 aliphatic rings. The van der Waals surface area contributed by atoms with Crippen LogP contribution in [0.15, 0.2) is 0 Å². The largest absolute Gasteiger partial charge is 0.449 e. The van der Waals surface area contributed by atoms with E-state index in [-0.39, 0.29) is 13.0 Å². The minimum atomic E-state index is -0.668. The first-order chi connectivity index (χ1) is 6.57. The summed E-state index contributed by atoms with van der Waals surface area (Å²) in [4.78, 5) is 22.8. The standard InChI is InChI=1S/C9H17N2O3/c1-3-4-7-14-9(13)11(2)6-5-8(10)12/h10H,3-7H2,1-2H3. The molecule has 0 aromatic rings. The molecule has 5 nitrogen and oxygen atoms in total. The normalized spacial score (nSPS) is 9.57. The molecule has 1 radical (unpaired) electrons. The Kier molecular flexibility index (Phi) is 6.53. The summed E-state index contributed by atoms with van der Waals surface area (Å²) in [5, 5.41) is 0. The predicted octanol–water partition coefficient (Wildman–Crippen LogP) is 1.05. The summed E-state index contributed by atoms with van der Waals surface area (Å²) in [7, 11) is 1.55. The van der Waals surface area contributed by atoms with Gasteiger partial charge in [-0.25, -0.2) is 4.79 Å². The molecule has 14 heavy (non-hydrogen) atoms. The highest BCUT2D eigenvalue weighted by molar-refractivity contribution is 5.74. The first-order valence-electron chi connectivity index (χ1n) is 4.70. The van der Waals surface area contributed by atoms with Crippen LogP contribution in [0.25, 0.3) is 0 Å². The van der Waals surface area contributed by atoms with Crippen LogP contribution < -0.4 is 5.73 Å². The van der Waals surface area contributed by atoms with Gasteiger partial charge >= 0.3 is 6.09 Å². The molecule has 81 valence electrons. The van der Waals surface area contributed by atoms with Crippen LogP contribution in [0.4, 0.5) is 4.79 Å². The number of nitrogens with zero attached hydrogens (tertiary/aromatic N) is 1. The van der Waals surface area contributed by atoms with Gasteiger partial charge in [0.05, 0.1) is 6.61 Å². The van der Waals surface area contributed by atoms with E-state index in [0.717, 1.165) is 12.8 Å². The molecule has 0 unspecified atom stereocenters. The first-order valence-corrected chi connectivity index (χ1v) is 4.70. The second-order valence-corrected chi connectivity index (χ2v) is 3.06. The number of nitrogens with one attached hydrogen (secondary N) is 1. The van der Waals surface area contributed by atoms with Gasteiger partial charge in [-0.15, -0.1) is 0 Å². The van der Waals surface area contributed by atoms with Crippen LogP contribution >= 0.6 is 0 Å². The summed E-state index contributed by atoms with van der Waals surface area (Å²) in [6, 6.07) is 0. The lowest BCUT2D eigenvalue weighted by atomic mass is 10.4. The first kappa shape index (κ1) is 12.7. The van der Waals surface area contributed by atoms with Crippen molar-refractivity contribution in [3.63, 3.8) is 0 Å². The zero-order valence-corrected chi connectivity index (χ0v) is 8.71. The van der Waals surface area contributed by atoms with E-state index in [4.69, 9.17) is 10.5 Å². The van der Waals surface area contributed by atoms with Gasteiger partial charge in [-0.2, -0.15) is 0 Å². The van der Waals surface area contributed by atoms with Crippen LogP contribution in [0.1, 0.15) is 26.2 Å². The van der Waals surface area contributed by atoms with Crippen LogP contribution in [0.5, 0.6) is 0 Å². The lowest BCUT2D eigenvalue weighted by molar-refractivity contribution is -0.118. The maximum Gasteiger partial charge on any atom is 0.409 e. The monoisotopic (exact) mass is 201 g/mol. The van der Waals surface area contributed by atoms with E-state index in [9.17, 15) is 9.59 Å². The van der Waals surface area contributed by atoms with E-state index in [1.54, 1.807) is 7.05 Å². The van der Waals surface area contributed by atoms with E-state index >= 15 is 0 Å². The van der Waals surface area contributed by atoms with Crippen molar-refractivity contribution in [2.45, 2.75) is 26.2 Å². The van der Waals surface area contributed by atoms with Gasteiger partial charge in [0.25, 0.3) is 0 Å². The van der Waals surface area contributed by atoms with Gasteiger partial charge in [-0.1, -0.05) is 13.3 Å². The molecule has 1 N–H and O–H groups in total. The molecule has 0 saturated carbocycles. The fraction of sp³-hybridized carbons (Fsp3) is 0.778. The number of carbonyl (C=O) groups excluding carboxylic acids is 2. The topological polar surface area (TPSA) is 70.4 Å². The Bertz CT molecular complexity index is 194. The summed E-state index contributed by atoms with van der Waals surface area (Å²) in [6.45, 7) is 2.66. The predicted molar refractivity (Wildman–Crippen MR) is 51.6 cm³/mol. The summed E-state index contributed by atoms with van der Waals surface area (Å²) < 4.78 is 4.89. The molecule has 0 aromatic carbocycles. The van der Waals surface area contributed by atoms with E-state index in [0.29, 0.717) is 6.61 Å². The molecule has 0 aliphatic heterocycles. The molecule has 0 saturated heterocycles. The number of ether oxygens (including phenoxy) is 1. The molecule has 0 bridgehead atoms. The molecule has 0 heterocycles. The number of unbranched alkanes of at least 4 members (excludes halogenated alkanes) is 1. The van der Waals surface area contributed by atoms with Crippen LogP contribution in [-0.2, 0) is 9.53 Å². The van der Waals surface area contributed by atoms with Gasteiger partial charge < -0.3 is 9.64 Å². The fourth-order valence-electron chi connectivity index (χ4n) is 0.775. The van der Waals surface area contributed by atoms with Crippen LogP contribution in [0.3, 0.4) is 0 Å². The third-order valence-corrected chi connectivity index (χ3v) is 1.71. The smallest absolute Gasteiger partial charge is 0.409 e. The number of rotatable bonds is 6. The van der Waals surface area contributed by atoms with Gasteiger partial charge in [0.2, 0.25) is 5.91 Å². The number of carbonyl (C=O) groups is 2. The van der Waals surface area contributed by atoms with Gasteiger partial charge in [-0.3, -0.25) is 10.5 Å². The fourth-order valence-corrected chi connectivity index (χ4v) is 0.775. The second kappa shape index (κ2) is 7.17. The molecule has 0 fully saturated rings. The quantitative estimate of drug-likeness (QED) is 0.603. The van der Waals surface area contributed by atoms with Crippen molar-refractivity contribution in [1.29, 1.82) is 0 Å². The van der Waals surface area contributed by atoms with Crippen molar-refractivity contribution < 1.29 is 14.3 Å². The Morgan fingerprint density at radius 3 is 2.57 bits per heavy atom. The van der Waals surface area contributed by atoms with Crippen LogP contribution in [-0.4, -0.2) is 37.1 Å². The third kappa shape index (κ3) is 6.28. The Hall–Kier alpha value is -1.26. The summed E-state index contributed by atoms with van der Waals surface area (Å²) >= 11 is 0. The average Bonchev–Trinajstić information content (AvgIpc) is 2.14. The highest BCUT2D eigenvalue weighted by atomic mass is 16.6. The van der Waals surface area contributed by atoms with Gasteiger partial charge in [0.1, 0.15) is 0 Å². The Morgan fingerprint density at radius 1 is 1.43 bits per heavy atom. The van der Waals surface area contributed by atoms with Gasteiger partial charge in [0.15, 0.2) is 0 Å². The van der Waals surface area contributed by atoms with Crippen molar-refractivity contribution in [2.75, 3.05) is 20.2 Å². The Labute approximate surface area is 84.2 Å². The lowest BCUT2D eigenvalue weighted by Gasteiger charge is -2.15. The molecule has 0 atom stereocenters.